The van der Waals surface area contributed by atoms with Crippen LogP contribution in [0.1, 0.15) is 51.9 Å². The number of methoxy groups -OCH3 is 2. The molecule has 0 radical (unpaired) electrons. The highest BCUT2D eigenvalue weighted by Gasteiger charge is 2.33. The fourth-order valence-corrected chi connectivity index (χ4v) is 3.87. The first kappa shape index (κ1) is 20.7. The molecule has 1 aromatic heterocycles. The van der Waals surface area contributed by atoms with Gasteiger partial charge in [0.1, 0.15) is 11.6 Å². The SMILES string of the molecule is COC(=O)c1ccc([C@H]2C[C@@H](c3cc(NC(=O)Cc4ccc(OC)cc4)[nH]n3)C2)cc1. The van der Waals surface area contributed by atoms with Crippen molar-refractivity contribution in [2.75, 3.05) is 19.5 Å². The molecule has 0 saturated heterocycles. The van der Waals surface area contributed by atoms with E-state index in [9.17, 15) is 9.59 Å². The third-order valence-corrected chi connectivity index (χ3v) is 5.76. The van der Waals surface area contributed by atoms with Crippen molar-refractivity contribution in [1.29, 1.82) is 0 Å². The largest absolute Gasteiger partial charge is 0.497 e. The van der Waals surface area contributed by atoms with Crippen LogP contribution in [0.2, 0.25) is 0 Å². The van der Waals surface area contributed by atoms with Crippen molar-refractivity contribution in [1.82, 2.24) is 10.2 Å². The van der Waals surface area contributed by atoms with Gasteiger partial charge in [-0.3, -0.25) is 9.89 Å². The number of nitrogens with zero attached hydrogens (tertiary/aromatic N) is 1. The Hall–Kier alpha value is -3.61. The van der Waals surface area contributed by atoms with Crippen molar-refractivity contribution < 1.29 is 19.1 Å². The number of nitrogens with one attached hydrogen (secondary N) is 2. The Bertz CT molecular complexity index is 1050. The number of carbonyl (C=O) groups is 2. The van der Waals surface area contributed by atoms with Gasteiger partial charge in [0.05, 0.1) is 31.9 Å². The molecule has 31 heavy (non-hydrogen) atoms. The maximum Gasteiger partial charge on any atom is 0.337 e. The summed E-state index contributed by atoms with van der Waals surface area (Å²) in [6, 6.07) is 16.9. The summed E-state index contributed by atoms with van der Waals surface area (Å²) < 4.78 is 9.87. The maximum atomic E-state index is 12.3. The summed E-state index contributed by atoms with van der Waals surface area (Å²) in [6.07, 6.45) is 2.26. The molecule has 7 heteroatoms. The minimum absolute atomic E-state index is 0.0995. The van der Waals surface area contributed by atoms with Gasteiger partial charge in [-0.15, -0.1) is 0 Å². The van der Waals surface area contributed by atoms with E-state index < -0.39 is 0 Å². The number of aromatic amines is 1. The minimum Gasteiger partial charge on any atom is -0.497 e. The first-order chi connectivity index (χ1) is 15.1. The lowest BCUT2D eigenvalue weighted by Crippen LogP contribution is -2.20. The summed E-state index contributed by atoms with van der Waals surface area (Å²) in [4.78, 5) is 23.9. The molecule has 4 rings (SSSR count). The summed E-state index contributed by atoms with van der Waals surface area (Å²) >= 11 is 0. The van der Waals surface area contributed by atoms with E-state index in [0.717, 1.165) is 29.8 Å². The van der Waals surface area contributed by atoms with Gasteiger partial charge in [0.15, 0.2) is 0 Å². The Morgan fingerprint density at radius 2 is 1.74 bits per heavy atom. The summed E-state index contributed by atoms with van der Waals surface area (Å²) in [6.45, 7) is 0. The number of rotatable bonds is 7. The molecule has 3 aromatic rings. The topological polar surface area (TPSA) is 93.3 Å². The Morgan fingerprint density at radius 1 is 1.03 bits per heavy atom. The predicted molar refractivity (Wildman–Crippen MR) is 116 cm³/mol. The second kappa shape index (κ2) is 9.04. The van der Waals surface area contributed by atoms with Crippen LogP contribution in [0.4, 0.5) is 5.82 Å². The van der Waals surface area contributed by atoms with E-state index in [1.807, 2.05) is 42.5 Å². The highest BCUT2D eigenvalue weighted by atomic mass is 16.5. The second-order valence-electron chi connectivity index (χ2n) is 7.76. The smallest absolute Gasteiger partial charge is 0.337 e. The van der Waals surface area contributed by atoms with E-state index in [4.69, 9.17) is 9.47 Å². The molecule has 1 aliphatic carbocycles. The summed E-state index contributed by atoms with van der Waals surface area (Å²) in [5.41, 5.74) is 3.65. The van der Waals surface area contributed by atoms with Crippen LogP contribution < -0.4 is 10.1 Å². The number of carbonyl (C=O) groups excluding carboxylic acids is 2. The van der Waals surface area contributed by atoms with Crippen LogP contribution >= 0.6 is 0 Å². The highest BCUT2D eigenvalue weighted by Crippen LogP contribution is 2.47. The van der Waals surface area contributed by atoms with E-state index in [0.29, 0.717) is 23.2 Å². The van der Waals surface area contributed by atoms with Crippen molar-refractivity contribution in [3.8, 4) is 5.75 Å². The van der Waals surface area contributed by atoms with Crippen molar-refractivity contribution in [3.05, 3.63) is 77.0 Å². The fraction of sp³-hybridized carbons (Fsp3) is 0.292. The van der Waals surface area contributed by atoms with Gasteiger partial charge >= 0.3 is 5.97 Å². The molecule has 2 N–H and O–H groups in total. The van der Waals surface area contributed by atoms with Gasteiger partial charge in [0, 0.05) is 12.0 Å². The van der Waals surface area contributed by atoms with E-state index in [-0.39, 0.29) is 18.3 Å². The van der Waals surface area contributed by atoms with Crippen LogP contribution in [0.15, 0.2) is 54.6 Å². The lowest BCUT2D eigenvalue weighted by molar-refractivity contribution is -0.115. The molecule has 0 atom stereocenters. The fourth-order valence-electron chi connectivity index (χ4n) is 3.87. The van der Waals surface area contributed by atoms with Gasteiger partial charge in [-0.2, -0.15) is 5.10 Å². The van der Waals surface area contributed by atoms with Crippen molar-refractivity contribution in [3.63, 3.8) is 0 Å². The number of aromatic nitrogens is 2. The molecule has 160 valence electrons. The molecule has 1 fully saturated rings. The predicted octanol–water partition coefficient (Wildman–Crippen LogP) is 4.05. The molecule has 1 aliphatic rings. The lowest BCUT2D eigenvalue weighted by atomic mass is 9.70. The number of anilines is 1. The molecule has 1 amide bonds. The van der Waals surface area contributed by atoms with Crippen molar-refractivity contribution in [2.45, 2.75) is 31.1 Å². The molecule has 1 saturated carbocycles. The third kappa shape index (κ3) is 4.77. The zero-order valence-electron chi connectivity index (χ0n) is 17.6. The summed E-state index contributed by atoms with van der Waals surface area (Å²) in [5, 5.41) is 10.2. The number of hydrogen-bond donors (Lipinski definition) is 2. The number of hydrogen-bond acceptors (Lipinski definition) is 5. The van der Waals surface area contributed by atoms with E-state index in [1.54, 1.807) is 19.2 Å². The monoisotopic (exact) mass is 419 g/mol. The van der Waals surface area contributed by atoms with Gasteiger partial charge in [-0.25, -0.2) is 4.79 Å². The molecule has 0 unspecified atom stereocenters. The Labute approximate surface area is 180 Å². The van der Waals surface area contributed by atoms with Crippen LogP contribution in [0.5, 0.6) is 5.75 Å². The zero-order chi connectivity index (χ0) is 21.8. The van der Waals surface area contributed by atoms with Crippen molar-refractivity contribution >= 4 is 17.7 Å². The number of ether oxygens (including phenoxy) is 2. The van der Waals surface area contributed by atoms with Crippen LogP contribution in [-0.2, 0) is 16.0 Å². The van der Waals surface area contributed by atoms with E-state index in [2.05, 4.69) is 15.5 Å². The van der Waals surface area contributed by atoms with Gasteiger partial charge < -0.3 is 14.8 Å². The summed E-state index contributed by atoms with van der Waals surface area (Å²) in [5.74, 6) is 1.75. The molecule has 7 nitrogen and oxygen atoms in total. The Kier molecular flexibility index (Phi) is 6.02. The Balaban J connectivity index is 1.28. The molecule has 0 spiro atoms. The number of esters is 1. The first-order valence-corrected chi connectivity index (χ1v) is 10.2. The van der Waals surface area contributed by atoms with Gasteiger partial charge in [0.2, 0.25) is 5.91 Å². The molecule has 0 bridgehead atoms. The number of benzene rings is 2. The summed E-state index contributed by atoms with van der Waals surface area (Å²) in [7, 11) is 3.00. The normalized spacial score (nSPS) is 17.5. The van der Waals surface area contributed by atoms with Crippen LogP contribution in [0.3, 0.4) is 0 Å². The standard InChI is InChI=1S/C24H25N3O4/c1-30-20-9-3-15(4-10-20)11-23(28)25-22-14-21(26-27-22)19-12-18(13-19)16-5-7-17(8-6-16)24(29)31-2/h3-10,14,18-19H,11-13H2,1-2H3,(H2,25,26,27,28)/t18-,19+. The van der Waals surface area contributed by atoms with Gasteiger partial charge in [0.25, 0.3) is 0 Å². The van der Waals surface area contributed by atoms with Crippen LogP contribution in [-0.4, -0.2) is 36.3 Å². The third-order valence-electron chi connectivity index (χ3n) is 5.76. The maximum absolute atomic E-state index is 12.3. The highest BCUT2D eigenvalue weighted by molar-refractivity contribution is 5.91. The molecule has 0 aliphatic heterocycles. The van der Waals surface area contributed by atoms with E-state index in [1.165, 1.54) is 12.7 Å². The minimum atomic E-state index is -0.323. The molecule has 2 aromatic carbocycles. The van der Waals surface area contributed by atoms with Crippen LogP contribution in [0, 0.1) is 0 Å². The zero-order valence-corrected chi connectivity index (χ0v) is 17.6. The van der Waals surface area contributed by atoms with Crippen LogP contribution in [0.25, 0.3) is 0 Å². The average molecular weight is 419 g/mol. The average Bonchev–Trinajstić information content (AvgIpc) is 3.20. The van der Waals surface area contributed by atoms with Gasteiger partial charge in [-0.1, -0.05) is 24.3 Å². The van der Waals surface area contributed by atoms with Crippen molar-refractivity contribution in [2.24, 2.45) is 0 Å². The quantitative estimate of drug-likeness (QED) is 0.564. The second-order valence-corrected chi connectivity index (χ2v) is 7.76. The molecule has 1 heterocycles. The molecular formula is C24H25N3O4. The molecular weight excluding hydrogens is 394 g/mol. The number of H-pyrrole nitrogens is 1. The number of amides is 1. The lowest BCUT2D eigenvalue weighted by Gasteiger charge is -2.34. The Morgan fingerprint density at radius 3 is 2.39 bits per heavy atom. The van der Waals surface area contributed by atoms with Gasteiger partial charge in [-0.05, 0) is 54.2 Å². The first-order valence-electron chi connectivity index (χ1n) is 10.2. The van der Waals surface area contributed by atoms with E-state index >= 15 is 0 Å².